The fraction of sp³-hybridized carbons (Fsp3) is 0.636. The van der Waals surface area contributed by atoms with Crippen LogP contribution in [-0.2, 0) is 4.79 Å². The van der Waals surface area contributed by atoms with E-state index in [1.165, 1.54) is 0 Å². The van der Waals surface area contributed by atoms with Gasteiger partial charge >= 0.3 is 0 Å². The molecule has 0 N–H and O–H groups in total. The van der Waals surface area contributed by atoms with Gasteiger partial charge in [0.25, 0.3) is 0 Å². The van der Waals surface area contributed by atoms with Crippen LogP contribution in [0.2, 0.25) is 0 Å². The summed E-state index contributed by atoms with van der Waals surface area (Å²) in [5.41, 5.74) is 1.30. The van der Waals surface area contributed by atoms with Crippen molar-refractivity contribution in [1.82, 2.24) is 0 Å². The molecule has 3 heteroatoms. The smallest absolute Gasteiger partial charge is 0.229 e. The summed E-state index contributed by atoms with van der Waals surface area (Å²) in [7, 11) is 0. The number of rotatable bonds is 3. The molecule has 0 bridgehead atoms. The molecule has 0 aromatic rings. The number of nitrogens with zero attached hydrogens (tertiary/aromatic N) is 1. The molecule has 0 amide bonds. The predicted molar refractivity (Wildman–Crippen MR) is 60.8 cm³/mol. The Hall–Kier alpha value is -0.750. The molecule has 0 spiro atoms. The van der Waals surface area contributed by atoms with E-state index in [4.69, 9.17) is 5.26 Å². The first-order chi connectivity index (χ1) is 6.45. The summed E-state index contributed by atoms with van der Waals surface area (Å²) >= 11 is 1.10. The Labute approximate surface area is 90.4 Å². The highest BCUT2D eigenvalue weighted by atomic mass is 32.2. The van der Waals surface area contributed by atoms with Crippen molar-refractivity contribution < 1.29 is 4.79 Å². The number of hydrogen-bond donors (Lipinski definition) is 0. The molecule has 0 saturated heterocycles. The molecule has 0 aliphatic heterocycles. The molecule has 0 unspecified atom stereocenters. The van der Waals surface area contributed by atoms with Crippen LogP contribution < -0.4 is 0 Å². The molecule has 0 aromatic heterocycles. The number of hydrogen-bond acceptors (Lipinski definition) is 3. The third kappa shape index (κ3) is 3.19. The summed E-state index contributed by atoms with van der Waals surface area (Å²) in [4.78, 5) is 11.5. The van der Waals surface area contributed by atoms with Gasteiger partial charge in [0.1, 0.15) is 11.6 Å². The van der Waals surface area contributed by atoms with Crippen molar-refractivity contribution in [2.45, 2.75) is 27.7 Å². The van der Waals surface area contributed by atoms with Crippen LogP contribution in [-0.4, -0.2) is 11.4 Å². The summed E-state index contributed by atoms with van der Waals surface area (Å²) in [6, 6.07) is 2.02. The molecule has 2 nitrogen and oxygen atoms in total. The first-order valence-electron chi connectivity index (χ1n) is 4.68. The van der Waals surface area contributed by atoms with E-state index >= 15 is 0 Å². The summed E-state index contributed by atoms with van der Waals surface area (Å²) in [6.45, 7) is 8.06. The number of carbonyl (C=O) groups excluding carboxylic acids is 1. The summed E-state index contributed by atoms with van der Waals surface area (Å²) in [5.74, 6) is 0.501. The van der Waals surface area contributed by atoms with Gasteiger partial charge in [-0.1, -0.05) is 39.5 Å². The van der Waals surface area contributed by atoms with Gasteiger partial charge in [0.2, 0.25) is 5.12 Å². The van der Waals surface area contributed by atoms with Gasteiger partial charge in [0, 0.05) is 0 Å². The number of allylic oxidation sites excluding steroid dienone is 1. The molecule has 0 fully saturated rings. The van der Waals surface area contributed by atoms with Crippen molar-refractivity contribution >= 4 is 16.9 Å². The van der Waals surface area contributed by atoms with Crippen LogP contribution in [0.4, 0.5) is 0 Å². The van der Waals surface area contributed by atoms with E-state index in [1.807, 2.05) is 33.8 Å². The normalized spacial score (nSPS) is 10.1. The van der Waals surface area contributed by atoms with Gasteiger partial charge in [0.05, 0.1) is 0 Å². The molecule has 0 saturated carbocycles. The second-order valence-corrected chi connectivity index (χ2v) is 4.52. The molecule has 14 heavy (non-hydrogen) atoms. The average Bonchev–Trinajstić information content (AvgIpc) is 2.11. The lowest BCUT2D eigenvalue weighted by molar-refractivity contribution is -0.107. The van der Waals surface area contributed by atoms with Crippen molar-refractivity contribution in [3.63, 3.8) is 0 Å². The Morgan fingerprint density at radius 1 is 1.21 bits per heavy atom. The molecule has 0 atom stereocenters. The Morgan fingerprint density at radius 3 is 1.86 bits per heavy atom. The zero-order valence-electron chi connectivity index (χ0n) is 9.42. The predicted octanol–water partition coefficient (Wildman–Crippen LogP) is 3.01. The van der Waals surface area contributed by atoms with Gasteiger partial charge in [-0.2, -0.15) is 5.26 Å². The minimum atomic E-state index is -0.120. The molecule has 0 rings (SSSR count). The Balaban J connectivity index is 5.34. The van der Waals surface area contributed by atoms with Crippen LogP contribution in [0.25, 0.3) is 0 Å². The maximum Gasteiger partial charge on any atom is 0.229 e. The van der Waals surface area contributed by atoms with Gasteiger partial charge < -0.3 is 0 Å². The minimum absolute atomic E-state index is 0.120. The molecule has 0 radical (unpaired) electrons. The van der Waals surface area contributed by atoms with Crippen molar-refractivity contribution in [1.29, 1.82) is 5.26 Å². The van der Waals surface area contributed by atoms with Gasteiger partial charge in [-0.25, -0.2) is 0 Å². The van der Waals surface area contributed by atoms with Gasteiger partial charge in [-0.15, -0.1) is 0 Å². The van der Waals surface area contributed by atoms with E-state index < -0.39 is 0 Å². The molecular weight excluding hydrogens is 194 g/mol. The van der Waals surface area contributed by atoms with Crippen LogP contribution in [0.5, 0.6) is 0 Å². The van der Waals surface area contributed by atoms with Crippen LogP contribution >= 0.6 is 11.8 Å². The van der Waals surface area contributed by atoms with Gasteiger partial charge in [0.15, 0.2) is 0 Å². The first-order valence-corrected chi connectivity index (χ1v) is 5.90. The third-order valence-corrected chi connectivity index (χ3v) is 2.61. The monoisotopic (exact) mass is 211 g/mol. The standard InChI is InChI=1S/C11H17NOS/c1-7(2)10(8(3)4)9(6-12)11(13)14-5/h7-8H,1-5H3. The Kier molecular flexibility index (Phi) is 5.56. The Bertz CT molecular complexity index is 274. The molecular formula is C11H17NOS. The highest BCUT2D eigenvalue weighted by Gasteiger charge is 2.19. The second kappa shape index (κ2) is 5.87. The number of carbonyl (C=O) groups is 1. The quantitative estimate of drug-likeness (QED) is 0.532. The topological polar surface area (TPSA) is 40.9 Å². The molecule has 0 aliphatic rings. The molecule has 0 aromatic carbocycles. The van der Waals surface area contributed by atoms with E-state index in [9.17, 15) is 4.79 Å². The van der Waals surface area contributed by atoms with E-state index in [0.717, 1.165) is 17.3 Å². The largest absolute Gasteiger partial charge is 0.281 e. The summed E-state index contributed by atoms with van der Waals surface area (Å²) in [6.07, 6.45) is 1.71. The minimum Gasteiger partial charge on any atom is -0.281 e. The lowest BCUT2D eigenvalue weighted by Gasteiger charge is -2.16. The molecule has 0 heterocycles. The maximum atomic E-state index is 11.5. The molecule has 0 aliphatic carbocycles. The molecule has 78 valence electrons. The second-order valence-electron chi connectivity index (χ2n) is 3.74. The lowest BCUT2D eigenvalue weighted by atomic mass is 9.89. The van der Waals surface area contributed by atoms with Crippen molar-refractivity contribution in [3.8, 4) is 6.07 Å². The van der Waals surface area contributed by atoms with Crippen LogP contribution in [0, 0.1) is 23.2 Å². The highest BCUT2D eigenvalue weighted by Crippen LogP contribution is 2.25. The fourth-order valence-electron chi connectivity index (χ4n) is 1.57. The zero-order chi connectivity index (χ0) is 11.3. The Morgan fingerprint density at radius 2 is 1.64 bits per heavy atom. The van der Waals surface area contributed by atoms with Crippen LogP contribution in [0.3, 0.4) is 0 Å². The van der Waals surface area contributed by atoms with Crippen molar-refractivity contribution in [3.05, 3.63) is 11.1 Å². The van der Waals surface area contributed by atoms with Crippen LogP contribution in [0.1, 0.15) is 27.7 Å². The SMILES string of the molecule is CSC(=O)C(C#N)=C(C(C)C)C(C)C. The van der Waals surface area contributed by atoms with Crippen molar-refractivity contribution in [2.24, 2.45) is 11.8 Å². The van der Waals surface area contributed by atoms with Gasteiger partial charge in [-0.05, 0) is 23.7 Å². The number of thioether (sulfide) groups is 1. The summed E-state index contributed by atoms with van der Waals surface area (Å²) in [5, 5.41) is 8.83. The fourth-order valence-corrected chi connectivity index (χ4v) is 1.94. The number of nitriles is 1. The maximum absolute atomic E-state index is 11.5. The van der Waals surface area contributed by atoms with E-state index in [0.29, 0.717) is 5.57 Å². The zero-order valence-corrected chi connectivity index (χ0v) is 10.2. The van der Waals surface area contributed by atoms with Gasteiger partial charge in [-0.3, -0.25) is 4.79 Å². The summed E-state index contributed by atoms with van der Waals surface area (Å²) < 4.78 is 0. The highest BCUT2D eigenvalue weighted by molar-refractivity contribution is 8.13. The van der Waals surface area contributed by atoms with E-state index in [1.54, 1.807) is 6.26 Å². The van der Waals surface area contributed by atoms with Crippen molar-refractivity contribution in [2.75, 3.05) is 6.26 Å². The van der Waals surface area contributed by atoms with Crippen LogP contribution in [0.15, 0.2) is 11.1 Å². The lowest BCUT2D eigenvalue weighted by Crippen LogP contribution is -2.10. The third-order valence-electron chi connectivity index (χ3n) is 2.03. The van der Waals surface area contributed by atoms with E-state index in [2.05, 4.69) is 0 Å². The first kappa shape index (κ1) is 13.2. The average molecular weight is 211 g/mol. The van der Waals surface area contributed by atoms with E-state index in [-0.39, 0.29) is 17.0 Å².